The van der Waals surface area contributed by atoms with Gasteiger partial charge in [-0.05, 0) is 90.7 Å². The highest BCUT2D eigenvalue weighted by molar-refractivity contribution is 5.86. The first-order valence-corrected chi connectivity index (χ1v) is 19.8. The number of carbonyl (C=O) groups excluding carboxylic acids is 3. The molecule has 2 saturated carbocycles. The molecule has 7 atom stereocenters. The summed E-state index contributed by atoms with van der Waals surface area (Å²) in [4.78, 5) is 61.9. The molecule has 2 bridgehead atoms. The summed E-state index contributed by atoms with van der Waals surface area (Å²) < 4.78 is 4.76. The van der Waals surface area contributed by atoms with Crippen molar-refractivity contribution in [1.29, 1.82) is 0 Å². The standard InChI is InChI=1S/C44H50N8O4/c1-25(2)39(51-44(55)56-4)43(54)52-20-6-8-36(52)40-46-23-34(49-40)29-13-9-27(10-14-29)28-11-15-30(16-12-28)35-24-47-41(50-35)37-31-17-18-32(21-31)38(37)42(53)48-26(3)33-7-5-19-45-22-33/h5,7,9-16,19,22-26,31-32,36-39H,6,8,17-18,20-21H2,1-4H3,(H,46,49)(H,47,50)(H,48,53)(H,51,55)/t26?,31?,32?,36-,37+,38+,39-/m0/s1. The molecule has 2 aliphatic carbocycles. The van der Waals surface area contributed by atoms with Crippen molar-refractivity contribution in [2.45, 2.75) is 76.9 Å². The van der Waals surface area contributed by atoms with E-state index in [0.717, 1.165) is 83.0 Å². The van der Waals surface area contributed by atoms with Crippen LogP contribution in [-0.2, 0) is 14.3 Å². The lowest BCUT2D eigenvalue weighted by molar-refractivity contribution is -0.135. The fourth-order valence-electron chi connectivity index (χ4n) is 9.27. The summed E-state index contributed by atoms with van der Waals surface area (Å²) in [5, 5.41) is 5.98. The number of hydrogen-bond donors (Lipinski definition) is 4. The van der Waals surface area contributed by atoms with Crippen LogP contribution in [0.1, 0.15) is 88.1 Å². The van der Waals surface area contributed by atoms with E-state index in [1.54, 1.807) is 6.20 Å². The van der Waals surface area contributed by atoms with Crippen LogP contribution in [0.2, 0.25) is 0 Å². The second kappa shape index (κ2) is 15.8. The molecule has 3 unspecified atom stereocenters. The van der Waals surface area contributed by atoms with Crippen LogP contribution in [0.25, 0.3) is 33.6 Å². The summed E-state index contributed by atoms with van der Waals surface area (Å²) in [6, 6.07) is 19.8. The summed E-state index contributed by atoms with van der Waals surface area (Å²) in [5.41, 5.74) is 7.06. The molecular weight excluding hydrogens is 705 g/mol. The van der Waals surface area contributed by atoms with Crippen molar-refractivity contribution in [2.24, 2.45) is 23.7 Å². The number of aromatic amines is 2. The van der Waals surface area contributed by atoms with Crippen LogP contribution >= 0.6 is 0 Å². The highest BCUT2D eigenvalue weighted by Crippen LogP contribution is 2.56. The Kier molecular flexibility index (Phi) is 10.5. The van der Waals surface area contributed by atoms with Gasteiger partial charge in [-0.15, -0.1) is 0 Å². The molecule has 0 radical (unpaired) electrons. The van der Waals surface area contributed by atoms with Crippen molar-refractivity contribution >= 4 is 17.9 Å². The van der Waals surface area contributed by atoms with Gasteiger partial charge in [0.25, 0.3) is 0 Å². The lowest BCUT2D eigenvalue weighted by atomic mass is 9.78. The highest BCUT2D eigenvalue weighted by atomic mass is 16.5. The topological polar surface area (TPSA) is 158 Å². The van der Waals surface area contributed by atoms with Crippen molar-refractivity contribution in [3.63, 3.8) is 0 Å². The summed E-state index contributed by atoms with van der Waals surface area (Å²) in [7, 11) is 1.30. The Balaban J connectivity index is 0.922. The molecule has 2 aromatic carbocycles. The van der Waals surface area contributed by atoms with E-state index in [1.165, 1.54) is 7.11 Å². The third-order valence-electron chi connectivity index (χ3n) is 12.2. The minimum absolute atomic E-state index is 0.0829. The number of carbonyl (C=O) groups is 3. The number of likely N-dealkylation sites (tertiary alicyclic amines) is 1. The first-order valence-electron chi connectivity index (χ1n) is 19.8. The van der Waals surface area contributed by atoms with Gasteiger partial charge < -0.3 is 30.2 Å². The molecule has 12 nitrogen and oxygen atoms in total. The van der Waals surface area contributed by atoms with E-state index in [2.05, 4.69) is 79.1 Å². The molecule has 3 aliphatic rings. The van der Waals surface area contributed by atoms with E-state index >= 15 is 0 Å². The Morgan fingerprint density at radius 1 is 0.786 bits per heavy atom. The molecule has 56 heavy (non-hydrogen) atoms. The maximum absolute atomic E-state index is 13.7. The average Bonchev–Trinajstić information content (AvgIpc) is 4.08. The predicted molar refractivity (Wildman–Crippen MR) is 213 cm³/mol. The number of benzene rings is 2. The maximum atomic E-state index is 13.7. The minimum atomic E-state index is -0.677. The molecule has 3 fully saturated rings. The van der Waals surface area contributed by atoms with Crippen LogP contribution in [0.5, 0.6) is 0 Å². The minimum Gasteiger partial charge on any atom is -0.453 e. The Hall–Kier alpha value is -5.78. The zero-order chi connectivity index (χ0) is 38.9. The van der Waals surface area contributed by atoms with Crippen molar-refractivity contribution < 1.29 is 19.1 Å². The molecule has 12 heteroatoms. The maximum Gasteiger partial charge on any atom is 0.407 e. The number of imidazole rings is 2. The number of H-pyrrole nitrogens is 2. The quantitative estimate of drug-likeness (QED) is 0.108. The fourth-order valence-corrected chi connectivity index (χ4v) is 9.27. The lowest BCUT2D eigenvalue weighted by Gasteiger charge is -2.30. The second-order valence-corrected chi connectivity index (χ2v) is 16.0. The van der Waals surface area contributed by atoms with Crippen LogP contribution in [0, 0.1) is 23.7 Å². The number of aromatic nitrogens is 5. The van der Waals surface area contributed by atoms with Gasteiger partial charge in [-0.2, -0.15) is 0 Å². The van der Waals surface area contributed by atoms with Crippen LogP contribution in [0.4, 0.5) is 4.79 Å². The number of nitrogens with one attached hydrogen (secondary N) is 4. The van der Waals surface area contributed by atoms with E-state index in [-0.39, 0.29) is 41.7 Å². The van der Waals surface area contributed by atoms with Crippen LogP contribution in [0.3, 0.4) is 0 Å². The summed E-state index contributed by atoms with van der Waals surface area (Å²) in [6.45, 7) is 6.44. The van der Waals surface area contributed by atoms with Crippen molar-refractivity contribution in [1.82, 2.24) is 40.5 Å². The van der Waals surface area contributed by atoms with Crippen LogP contribution < -0.4 is 10.6 Å². The normalized spacial score (nSPS) is 22.6. The lowest BCUT2D eigenvalue weighted by Crippen LogP contribution is -2.51. The summed E-state index contributed by atoms with van der Waals surface area (Å²) in [5.74, 6) is 2.37. The second-order valence-electron chi connectivity index (χ2n) is 16.0. The zero-order valence-electron chi connectivity index (χ0n) is 32.4. The van der Waals surface area contributed by atoms with E-state index < -0.39 is 12.1 Å². The molecule has 0 spiro atoms. The van der Waals surface area contributed by atoms with Gasteiger partial charge in [0.1, 0.15) is 17.7 Å². The number of pyridine rings is 1. The van der Waals surface area contributed by atoms with Crippen molar-refractivity contribution in [2.75, 3.05) is 13.7 Å². The number of amides is 3. The van der Waals surface area contributed by atoms with Crippen molar-refractivity contribution in [3.8, 4) is 33.6 Å². The third-order valence-corrected chi connectivity index (χ3v) is 12.2. The number of rotatable bonds is 11. The van der Waals surface area contributed by atoms with Gasteiger partial charge >= 0.3 is 6.09 Å². The van der Waals surface area contributed by atoms with Gasteiger partial charge in [0, 0.05) is 24.9 Å². The Morgan fingerprint density at radius 3 is 2.04 bits per heavy atom. The van der Waals surface area contributed by atoms with Gasteiger partial charge in [0.15, 0.2) is 0 Å². The average molecular weight is 755 g/mol. The number of fused-ring (bicyclic) bond motifs is 2. The molecule has 3 aromatic heterocycles. The van der Waals surface area contributed by atoms with E-state index in [9.17, 15) is 14.4 Å². The van der Waals surface area contributed by atoms with Gasteiger partial charge in [-0.1, -0.05) is 68.4 Å². The van der Waals surface area contributed by atoms with Gasteiger partial charge in [-0.25, -0.2) is 14.8 Å². The molecule has 3 amide bonds. The van der Waals surface area contributed by atoms with Gasteiger partial charge in [-0.3, -0.25) is 14.6 Å². The predicted octanol–water partition coefficient (Wildman–Crippen LogP) is 7.58. The van der Waals surface area contributed by atoms with Gasteiger partial charge in [0.05, 0.1) is 48.9 Å². The Morgan fingerprint density at radius 2 is 1.41 bits per heavy atom. The first-order chi connectivity index (χ1) is 27.2. The SMILES string of the molecule is COC(=O)N[C@H](C(=O)N1CCC[C@H]1c1ncc(-c2ccc(-c3ccc(-c4cnc([C@@H]5C6CCC(C6)[C@H]5C(=O)NC(C)c5cccnc5)[nH]4)cc3)cc2)[nH]1)C(C)C. The summed E-state index contributed by atoms with van der Waals surface area (Å²) >= 11 is 0. The monoisotopic (exact) mass is 754 g/mol. The Bertz CT molecular complexity index is 2160. The van der Waals surface area contributed by atoms with Crippen molar-refractivity contribution in [3.05, 3.63) is 103 Å². The number of ether oxygens (including phenoxy) is 1. The molecule has 290 valence electrons. The van der Waals surface area contributed by atoms with E-state index in [1.807, 2.05) is 56.4 Å². The summed E-state index contributed by atoms with van der Waals surface area (Å²) in [6.07, 6.45) is 11.6. The molecule has 1 aliphatic heterocycles. The van der Waals surface area contributed by atoms with Crippen LogP contribution in [0.15, 0.2) is 85.5 Å². The molecule has 1 saturated heterocycles. The number of nitrogens with zero attached hydrogens (tertiary/aromatic N) is 4. The van der Waals surface area contributed by atoms with Crippen LogP contribution in [-0.4, -0.2) is 67.4 Å². The molecule has 5 aromatic rings. The zero-order valence-corrected chi connectivity index (χ0v) is 32.4. The molecular formula is C44H50N8O4. The largest absolute Gasteiger partial charge is 0.453 e. The molecule has 4 heterocycles. The van der Waals surface area contributed by atoms with E-state index in [0.29, 0.717) is 18.4 Å². The first kappa shape index (κ1) is 37.2. The number of alkyl carbamates (subject to hydrolysis) is 1. The number of hydrogen-bond acceptors (Lipinski definition) is 7. The molecule has 4 N–H and O–H groups in total. The smallest absolute Gasteiger partial charge is 0.407 e. The highest BCUT2D eigenvalue weighted by Gasteiger charge is 2.52. The Labute approximate surface area is 327 Å². The fraction of sp³-hybridized carbons (Fsp3) is 0.409. The molecule has 8 rings (SSSR count). The number of methoxy groups -OCH3 is 1. The third kappa shape index (κ3) is 7.32. The van der Waals surface area contributed by atoms with E-state index in [4.69, 9.17) is 9.72 Å². The van der Waals surface area contributed by atoms with Gasteiger partial charge in [0.2, 0.25) is 11.8 Å².